The molecular formula is C16H17BrFN. The van der Waals surface area contributed by atoms with Gasteiger partial charge in [-0.3, -0.25) is 0 Å². The lowest BCUT2D eigenvalue weighted by molar-refractivity contribution is 0.591. The van der Waals surface area contributed by atoms with Crippen LogP contribution in [0.15, 0.2) is 53.0 Å². The second kappa shape index (κ2) is 6.83. The zero-order valence-corrected chi connectivity index (χ0v) is 12.2. The SMILES string of the molecule is NC(CCCc1ccccc1)c1cc(F)ccc1Br. The zero-order chi connectivity index (χ0) is 13.7. The van der Waals surface area contributed by atoms with Crippen molar-refractivity contribution in [1.29, 1.82) is 0 Å². The maximum Gasteiger partial charge on any atom is 0.123 e. The molecule has 0 amide bonds. The summed E-state index contributed by atoms with van der Waals surface area (Å²) < 4.78 is 14.1. The first-order chi connectivity index (χ1) is 9.16. The molecule has 0 saturated carbocycles. The fraction of sp³-hybridized carbons (Fsp3) is 0.250. The van der Waals surface area contributed by atoms with Crippen molar-refractivity contribution >= 4 is 15.9 Å². The van der Waals surface area contributed by atoms with E-state index in [2.05, 4.69) is 28.1 Å². The lowest BCUT2D eigenvalue weighted by Gasteiger charge is -2.14. The van der Waals surface area contributed by atoms with Crippen LogP contribution in [0.4, 0.5) is 4.39 Å². The lowest BCUT2D eigenvalue weighted by Crippen LogP contribution is -2.11. The Kier molecular flexibility index (Phi) is 5.11. The van der Waals surface area contributed by atoms with E-state index >= 15 is 0 Å². The van der Waals surface area contributed by atoms with Crippen molar-refractivity contribution < 1.29 is 4.39 Å². The second-order valence-corrected chi connectivity index (χ2v) is 5.50. The van der Waals surface area contributed by atoms with E-state index in [4.69, 9.17) is 5.73 Å². The second-order valence-electron chi connectivity index (χ2n) is 4.65. The molecule has 19 heavy (non-hydrogen) atoms. The first-order valence-electron chi connectivity index (χ1n) is 6.41. The number of nitrogens with two attached hydrogens (primary N) is 1. The van der Waals surface area contributed by atoms with Crippen LogP contribution in [-0.4, -0.2) is 0 Å². The molecule has 1 atom stereocenters. The molecule has 1 unspecified atom stereocenters. The molecule has 2 rings (SSSR count). The summed E-state index contributed by atoms with van der Waals surface area (Å²) in [5, 5.41) is 0. The molecule has 0 aromatic heterocycles. The van der Waals surface area contributed by atoms with Gasteiger partial charge in [-0.25, -0.2) is 4.39 Å². The highest BCUT2D eigenvalue weighted by Gasteiger charge is 2.10. The number of hydrogen-bond donors (Lipinski definition) is 1. The van der Waals surface area contributed by atoms with Crippen molar-refractivity contribution in [3.63, 3.8) is 0 Å². The summed E-state index contributed by atoms with van der Waals surface area (Å²) in [6.45, 7) is 0. The molecule has 0 radical (unpaired) electrons. The van der Waals surface area contributed by atoms with Crippen LogP contribution in [0.25, 0.3) is 0 Å². The molecule has 2 aromatic rings. The number of benzene rings is 2. The minimum Gasteiger partial charge on any atom is -0.324 e. The molecule has 0 aliphatic carbocycles. The highest BCUT2D eigenvalue weighted by Crippen LogP contribution is 2.26. The summed E-state index contributed by atoms with van der Waals surface area (Å²) in [7, 11) is 0. The maximum absolute atomic E-state index is 13.2. The Morgan fingerprint density at radius 3 is 2.58 bits per heavy atom. The van der Waals surface area contributed by atoms with Crippen LogP contribution in [0.2, 0.25) is 0 Å². The zero-order valence-electron chi connectivity index (χ0n) is 10.7. The van der Waals surface area contributed by atoms with Crippen LogP contribution in [0, 0.1) is 5.82 Å². The van der Waals surface area contributed by atoms with E-state index in [9.17, 15) is 4.39 Å². The van der Waals surface area contributed by atoms with Crippen LogP contribution in [0.3, 0.4) is 0 Å². The van der Waals surface area contributed by atoms with Gasteiger partial charge in [-0.1, -0.05) is 46.3 Å². The van der Waals surface area contributed by atoms with Crippen molar-refractivity contribution in [2.24, 2.45) is 5.73 Å². The van der Waals surface area contributed by atoms with Crippen molar-refractivity contribution in [1.82, 2.24) is 0 Å². The summed E-state index contributed by atoms with van der Waals surface area (Å²) in [6.07, 6.45) is 2.84. The van der Waals surface area contributed by atoms with Crippen molar-refractivity contribution in [3.05, 3.63) is 69.9 Å². The summed E-state index contributed by atoms with van der Waals surface area (Å²) >= 11 is 3.42. The molecular weight excluding hydrogens is 305 g/mol. The lowest BCUT2D eigenvalue weighted by atomic mass is 10.00. The molecule has 2 N–H and O–H groups in total. The Balaban J connectivity index is 1.91. The highest BCUT2D eigenvalue weighted by molar-refractivity contribution is 9.10. The summed E-state index contributed by atoms with van der Waals surface area (Å²) in [5.74, 6) is -0.239. The quantitative estimate of drug-likeness (QED) is 0.855. The highest BCUT2D eigenvalue weighted by atomic mass is 79.9. The van der Waals surface area contributed by atoms with Gasteiger partial charge in [-0.15, -0.1) is 0 Å². The van der Waals surface area contributed by atoms with E-state index in [0.717, 1.165) is 29.3 Å². The minimum absolute atomic E-state index is 0.131. The molecule has 100 valence electrons. The average Bonchev–Trinajstić information content (AvgIpc) is 2.42. The van der Waals surface area contributed by atoms with Gasteiger partial charge in [0, 0.05) is 10.5 Å². The largest absolute Gasteiger partial charge is 0.324 e. The van der Waals surface area contributed by atoms with Gasteiger partial charge in [0.25, 0.3) is 0 Å². The van der Waals surface area contributed by atoms with E-state index in [1.807, 2.05) is 18.2 Å². The molecule has 0 aliphatic heterocycles. The molecule has 0 heterocycles. The van der Waals surface area contributed by atoms with Gasteiger partial charge < -0.3 is 5.73 Å². The van der Waals surface area contributed by atoms with Crippen molar-refractivity contribution in [2.75, 3.05) is 0 Å². The third-order valence-electron chi connectivity index (χ3n) is 3.18. The Morgan fingerprint density at radius 2 is 1.84 bits per heavy atom. The smallest absolute Gasteiger partial charge is 0.123 e. The van der Waals surface area contributed by atoms with Gasteiger partial charge in [0.1, 0.15) is 5.82 Å². The van der Waals surface area contributed by atoms with Gasteiger partial charge in [-0.05, 0) is 48.6 Å². The minimum atomic E-state index is -0.239. The first-order valence-corrected chi connectivity index (χ1v) is 7.20. The van der Waals surface area contributed by atoms with Crippen LogP contribution >= 0.6 is 15.9 Å². The Bertz CT molecular complexity index is 528. The number of hydrogen-bond acceptors (Lipinski definition) is 1. The molecule has 3 heteroatoms. The number of rotatable bonds is 5. The fourth-order valence-corrected chi connectivity index (χ4v) is 2.67. The average molecular weight is 322 g/mol. The van der Waals surface area contributed by atoms with Crippen LogP contribution in [-0.2, 0) is 6.42 Å². The standard InChI is InChI=1S/C16H17BrFN/c17-15-10-9-13(18)11-14(15)16(19)8-4-7-12-5-2-1-3-6-12/h1-3,5-6,9-11,16H,4,7-8,19H2. The summed E-state index contributed by atoms with van der Waals surface area (Å²) in [4.78, 5) is 0. The van der Waals surface area contributed by atoms with Crippen LogP contribution in [0.1, 0.15) is 30.0 Å². The monoisotopic (exact) mass is 321 g/mol. The third kappa shape index (κ3) is 4.15. The number of aryl methyl sites for hydroxylation is 1. The Hall–Kier alpha value is -1.19. The van der Waals surface area contributed by atoms with Gasteiger partial charge >= 0.3 is 0 Å². The van der Waals surface area contributed by atoms with E-state index in [1.165, 1.54) is 17.7 Å². The van der Waals surface area contributed by atoms with E-state index < -0.39 is 0 Å². The molecule has 0 fully saturated rings. The predicted molar refractivity (Wildman–Crippen MR) is 80.4 cm³/mol. The topological polar surface area (TPSA) is 26.0 Å². The molecule has 0 bridgehead atoms. The molecule has 0 saturated heterocycles. The van der Waals surface area contributed by atoms with Gasteiger partial charge in [0.05, 0.1) is 0 Å². The maximum atomic E-state index is 13.2. The van der Waals surface area contributed by atoms with E-state index in [0.29, 0.717) is 0 Å². The fourth-order valence-electron chi connectivity index (χ4n) is 2.13. The molecule has 0 aliphatic rings. The van der Waals surface area contributed by atoms with Crippen LogP contribution in [0.5, 0.6) is 0 Å². The van der Waals surface area contributed by atoms with Gasteiger partial charge in [-0.2, -0.15) is 0 Å². The number of halogens is 2. The summed E-state index contributed by atoms with van der Waals surface area (Å²) in [6, 6.07) is 14.8. The van der Waals surface area contributed by atoms with E-state index in [1.54, 1.807) is 6.07 Å². The van der Waals surface area contributed by atoms with E-state index in [-0.39, 0.29) is 11.9 Å². The summed E-state index contributed by atoms with van der Waals surface area (Å²) in [5.41, 5.74) is 8.29. The van der Waals surface area contributed by atoms with Gasteiger partial charge in [0.15, 0.2) is 0 Å². The first kappa shape index (κ1) is 14.2. The Morgan fingerprint density at radius 1 is 1.11 bits per heavy atom. The normalized spacial score (nSPS) is 12.4. The predicted octanol–water partition coefficient (Wildman–Crippen LogP) is 4.61. The van der Waals surface area contributed by atoms with Crippen molar-refractivity contribution in [2.45, 2.75) is 25.3 Å². The Labute approximate surface area is 121 Å². The third-order valence-corrected chi connectivity index (χ3v) is 3.90. The molecule has 2 aromatic carbocycles. The van der Waals surface area contributed by atoms with Crippen LogP contribution < -0.4 is 5.73 Å². The van der Waals surface area contributed by atoms with Crippen molar-refractivity contribution in [3.8, 4) is 0 Å². The molecule has 1 nitrogen and oxygen atoms in total. The molecule has 0 spiro atoms. The van der Waals surface area contributed by atoms with Gasteiger partial charge in [0.2, 0.25) is 0 Å².